The molecule has 2 heterocycles. The van der Waals surface area contributed by atoms with Gasteiger partial charge < -0.3 is 4.57 Å². The summed E-state index contributed by atoms with van der Waals surface area (Å²) in [5.74, 6) is 0.850. The molecule has 0 spiro atoms. The van der Waals surface area contributed by atoms with Crippen LogP contribution in [0.1, 0.15) is 12.5 Å². The maximum atomic E-state index is 6.10. The first kappa shape index (κ1) is 19.0. The molecule has 0 atom stereocenters. The van der Waals surface area contributed by atoms with Crippen molar-refractivity contribution in [2.45, 2.75) is 26.7 Å². The van der Waals surface area contributed by atoms with Crippen LogP contribution in [0.4, 0.5) is 0 Å². The molecule has 1 aromatic carbocycles. The first-order chi connectivity index (χ1) is 12.5. The van der Waals surface area contributed by atoms with Gasteiger partial charge in [0.1, 0.15) is 0 Å². The lowest BCUT2D eigenvalue weighted by molar-refractivity contribution is 0.244. The Bertz CT molecular complexity index is 952. The minimum atomic E-state index is 0.559. The molecule has 2 aromatic heterocycles. The van der Waals surface area contributed by atoms with Crippen molar-refractivity contribution in [3.05, 3.63) is 63.1 Å². The Kier molecular flexibility index (Phi) is 6.09. The summed E-state index contributed by atoms with van der Waals surface area (Å²) in [6.45, 7) is 4.10. The van der Waals surface area contributed by atoms with Crippen molar-refractivity contribution in [3.63, 3.8) is 0 Å². The Hall–Kier alpha value is -1.73. The van der Waals surface area contributed by atoms with Gasteiger partial charge in [0.05, 0.1) is 16.7 Å². The summed E-state index contributed by atoms with van der Waals surface area (Å²) in [5, 5.41) is 5.84. The van der Waals surface area contributed by atoms with Crippen LogP contribution in [0.15, 0.2) is 42.7 Å². The van der Waals surface area contributed by atoms with Gasteiger partial charge in [0, 0.05) is 31.0 Å². The van der Waals surface area contributed by atoms with E-state index in [0.29, 0.717) is 28.0 Å². The summed E-state index contributed by atoms with van der Waals surface area (Å²) >= 11 is 17.7. The zero-order valence-electron chi connectivity index (χ0n) is 14.6. The van der Waals surface area contributed by atoms with Gasteiger partial charge in [-0.2, -0.15) is 5.10 Å². The fraction of sp³-hybridized carbons (Fsp3) is 0.278. The predicted molar refractivity (Wildman–Crippen MR) is 108 cm³/mol. The third kappa shape index (κ3) is 4.15. The fourth-order valence-corrected chi connectivity index (χ4v) is 3.40. The van der Waals surface area contributed by atoms with Gasteiger partial charge in [0.2, 0.25) is 0 Å². The minimum Gasteiger partial charge on any atom is -0.300 e. The van der Waals surface area contributed by atoms with Crippen LogP contribution in [0, 0.1) is 4.77 Å². The summed E-state index contributed by atoms with van der Waals surface area (Å²) in [7, 11) is 2.02. The molecule has 0 fully saturated rings. The van der Waals surface area contributed by atoms with Crippen LogP contribution in [0.25, 0.3) is 11.4 Å². The van der Waals surface area contributed by atoms with E-state index in [-0.39, 0.29) is 0 Å². The van der Waals surface area contributed by atoms with Gasteiger partial charge in [-0.25, -0.2) is 4.68 Å². The molecule has 0 saturated carbocycles. The van der Waals surface area contributed by atoms with E-state index >= 15 is 0 Å². The number of hydrogen-bond donors (Lipinski definition) is 0. The Balaban J connectivity index is 1.82. The number of hydrogen-bond acceptors (Lipinski definition) is 4. The number of nitrogens with zero attached hydrogens (tertiary/aromatic N) is 5. The lowest BCUT2D eigenvalue weighted by Gasteiger charge is -2.16. The van der Waals surface area contributed by atoms with Crippen molar-refractivity contribution in [2.75, 3.05) is 7.05 Å². The average molecular weight is 408 g/mol. The quantitative estimate of drug-likeness (QED) is 0.545. The number of rotatable bonds is 6. The molecular weight excluding hydrogens is 389 g/mol. The summed E-state index contributed by atoms with van der Waals surface area (Å²) in [4.78, 5) is 6.19. The standard InChI is InChI=1S/C18H19Cl2N5S/c1-3-24-17(14-6-8-21-9-7-14)22-25(18(24)26)12-23(2)11-13-4-5-15(19)16(20)10-13/h4-10H,3,11-12H2,1-2H3. The molecule has 0 aliphatic heterocycles. The smallest absolute Gasteiger partial charge is 0.199 e. The van der Waals surface area contributed by atoms with Gasteiger partial charge in [-0.1, -0.05) is 29.3 Å². The minimum absolute atomic E-state index is 0.559. The second-order valence-corrected chi connectivity index (χ2v) is 7.17. The molecule has 0 N–H and O–H groups in total. The fourth-order valence-electron chi connectivity index (χ4n) is 2.76. The van der Waals surface area contributed by atoms with E-state index in [1.165, 1.54) is 0 Å². The van der Waals surface area contributed by atoms with E-state index in [1.54, 1.807) is 12.4 Å². The molecule has 0 amide bonds. The van der Waals surface area contributed by atoms with E-state index in [1.807, 2.05) is 46.6 Å². The Labute approximate surface area is 167 Å². The van der Waals surface area contributed by atoms with Gasteiger partial charge in [0.15, 0.2) is 10.6 Å². The second-order valence-electron chi connectivity index (χ2n) is 5.99. The number of pyridine rings is 1. The molecule has 0 unspecified atom stereocenters. The maximum absolute atomic E-state index is 6.10. The van der Waals surface area contributed by atoms with E-state index in [2.05, 4.69) is 16.8 Å². The average Bonchev–Trinajstić information content (AvgIpc) is 2.94. The highest BCUT2D eigenvalue weighted by molar-refractivity contribution is 7.71. The molecule has 8 heteroatoms. The first-order valence-corrected chi connectivity index (χ1v) is 9.36. The van der Waals surface area contributed by atoms with Gasteiger partial charge in [-0.15, -0.1) is 0 Å². The number of aromatic nitrogens is 4. The van der Waals surface area contributed by atoms with Crippen molar-refractivity contribution >= 4 is 35.4 Å². The molecule has 3 rings (SSSR count). The Morgan fingerprint density at radius 2 is 1.85 bits per heavy atom. The molecule has 5 nitrogen and oxygen atoms in total. The van der Waals surface area contributed by atoms with E-state index in [9.17, 15) is 0 Å². The van der Waals surface area contributed by atoms with Crippen molar-refractivity contribution in [2.24, 2.45) is 0 Å². The molecule has 0 aliphatic carbocycles. The highest BCUT2D eigenvalue weighted by atomic mass is 35.5. The highest BCUT2D eigenvalue weighted by Gasteiger charge is 2.13. The molecule has 3 aromatic rings. The monoisotopic (exact) mass is 407 g/mol. The van der Waals surface area contributed by atoms with Gasteiger partial charge in [-0.3, -0.25) is 9.88 Å². The third-order valence-corrected chi connectivity index (χ3v) is 5.16. The van der Waals surface area contributed by atoms with Gasteiger partial charge >= 0.3 is 0 Å². The normalized spacial score (nSPS) is 11.3. The van der Waals surface area contributed by atoms with E-state index in [0.717, 1.165) is 23.5 Å². The first-order valence-electron chi connectivity index (χ1n) is 8.20. The highest BCUT2D eigenvalue weighted by Crippen LogP contribution is 2.23. The molecule has 0 aliphatic rings. The van der Waals surface area contributed by atoms with Gasteiger partial charge in [-0.05, 0) is 56.0 Å². The van der Waals surface area contributed by atoms with Crippen molar-refractivity contribution in [1.29, 1.82) is 0 Å². The summed E-state index contributed by atoms with van der Waals surface area (Å²) in [6.07, 6.45) is 3.52. The maximum Gasteiger partial charge on any atom is 0.199 e. The number of benzene rings is 1. The Morgan fingerprint density at radius 3 is 2.50 bits per heavy atom. The lowest BCUT2D eigenvalue weighted by atomic mass is 10.2. The van der Waals surface area contributed by atoms with Crippen molar-refractivity contribution < 1.29 is 0 Å². The lowest BCUT2D eigenvalue weighted by Crippen LogP contribution is -2.22. The second kappa shape index (κ2) is 8.31. The van der Waals surface area contributed by atoms with Crippen molar-refractivity contribution in [3.8, 4) is 11.4 Å². The third-order valence-electron chi connectivity index (χ3n) is 3.99. The topological polar surface area (TPSA) is 38.9 Å². The molecule has 0 saturated heterocycles. The number of halogens is 2. The summed E-state index contributed by atoms with van der Waals surface area (Å²) < 4.78 is 4.56. The van der Waals surface area contributed by atoms with Crippen LogP contribution in [-0.4, -0.2) is 31.3 Å². The van der Waals surface area contributed by atoms with Crippen LogP contribution in [-0.2, 0) is 19.8 Å². The molecular formula is C18H19Cl2N5S. The van der Waals surface area contributed by atoms with Crippen LogP contribution >= 0.6 is 35.4 Å². The molecule has 0 bridgehead atoms. The van der Waals surface area contributed by atoms with E-state index < -0.39 is 0 Å². The van der Waals surface area contributed by atoms with Gasteiger partial charge in [0.25, 0.3) is 0 Å². The van der Waals surface area contributed by atoms with Crippen LogP contribution in [0.3, 0.4) is 0 Å². The summed E-state index contributed by atoms with van der Waals surface area (Å²) in [5.41, 5.74) is 2.08. The van der Waals surface area contributed by atoms with Crippen LogP contribution in [0.5, 0.6) is 0 Å². The zero-order valence-corrected chi connectivity index (χ0v) is 16.9. The SMILES string of the molecule is CCn1c(-c2ccncc2)nn(CN(C)Cc2ccc(Cl)c(Cl)c2)c1=S. The molecule has 136 valence electrons. The largest absolute Gasteiger partial charge is 0.300 e. The van der Waals surface area contributed by atoms with E-state index in [4.69, 9.17) is 40.5 Å². The predicted octanol–water partition coefficient (Wildman–Crippen LogP) is 4.89. The zero-order chi connectivity index (χ0) is 18.7. The molecule has 26 heavy (non-hydrogen) atoms. The van der Waals surface area contributed by atoms with Crippen molar-refractivity contribution in [1.82, 2.24) is 24.2 Å². The Morgan fingerprint density at radius 1 is 1.12 bits per heavy atom. The summed E-state index contributed by atoms with van der Waals surface area (Å²) in [6, 6.07) is 9.54. The molecule has 0 radical (unpaired) electrons. The van der Waals surface area contributed by atoms with Crippen LogP contribution < -0.4 is 0 Å². The van der Waals surface area contributed by atoms with Crippen LogP contribution in [0.2, 0.25) is 10.0 Å².